The van der Waals surface area contributed by atoms with Gasteiger partial charge in [0, 0.05) is 11.1 Å². The molecule has 0 saturated heterocycles. The summed E-state index contributed by atoms with van der Waals surface area (Å²) < 4.78 is 0. The summed E-state index contributed by atoms with van der Waals surface area (Å²) >= 11 is 11.9. The quantitative estimate of drug-likeness (QED) is 0.862. The number of carbonyl (C=O) groups excluding carboxylic acids is 1. The second-order valence-electron chi connectivity index (χ2n) is 5.05. The number of carbonyl (C=O) groups is 1. The van der Waals surface area contributed by atoms with Gasteiger partial charge in [-0.3, -0.25) is 4.79 Å². The Morgan fingerprint density at radius 3 is 2.56 bits per heavy atom. The summed E-state index contributed by atoms with van der Waals surface area (Å²) in [6.45, 7) is 2.26. The minimum Gasteiger partial charge on any atom is -0.349 e. The lowest BCUT2D eigenvalue weighted by molar-refractivity contribution is 0.0923. The maximum absolute atomic E-state index is 12.1. The van der Waals surface area contributed by atoms with Crippen LogP contribution in [0.5, 0.6) is 0 Å². The first-order valence-electron chi connectivity index (χ1n) is 6.32. The van der Waals surface area contributed by atoms with Crippen molar-refractivity contribution in [2.75, 3.05) is 0 Å². The lowest BCUT2D eigenvalue weighted by atomic mass is 9.87. The second-order valence-corrected chi connectivity index (χ2v) is 5.90. The molecule has 1 aromatic carbocycles. The fraction of sp³-hybridized carbons (Fsp3) is 0.500. The summed E-state index contributed by atoms with van der Waals surface area (Å²) in [5.41, 5.74) is 0.461. The Hall–Kier alpha value is -0.730. The van der Waals surface area contributed by atoms with E-state index < -0.39 is 0 Å². The number of amides is 1. The van der Waals surface area contributed by atoms with Gasteiger partial charge in [0.1, 0.15) is 0 Å². The molecule has 0 aromatic heterocycles. The summed E-state index contributed by atoms with van der Waals surface area (Å²) in [5.74, 6) is 0.648. The maximum Gasteiger partial charge on any atom is 0.253 e. The maximum atomic E-state index is 12.1. The van der Waals surface area contributed by atoms with E-state index in [0.717, 1.165) is 18.8 Å². The minimum absolute atomic E-state index is 0.123. The van der Waals surface area contributed by atoms with Crippen molar-refractivity contribution in [3.63, 3.8) is 0 Å². The molecular formula is C14H17Cl2NO. The Morgan fingerprint density at radius 1 is 1.22 bits per heavy atom. The number of rotatable bonds is 2. The van der Waals surface area contributed by atoms with Gasteiger partial charge < -0.3 is 5.32 Å². The van der Waals surface area contributed by atoms with Crippen LogP contribution in [0.4, 0.5) is 0 Å². The van der Waals surface area contributed by atoms with Crippen molar-refractivity contribution in [3.05, 3.63) is 33.8 Å². The number of benzene rings is 1. The zero-order valence-electron chi connectivity index (χ0n) is 10.4. The third kappa shape index (κ3) is 3.39. The Balaban J connectivity index is 2.01. The van der Waals surface area contributed by atoms with E-state index in [4.69, 9.17) is 23.2 Å². The number of nitrogens with one attached hydrogen (secondary N) is 1. The summed E-state index contributed by atoms with van der Waals surface area (Å²) in [4.78, 5) is 12.1. The van der Waals surface area contributed by atoms with Gasteiger partial charge in [0.2, 0.25) is 0 Å². The fourth-order valence-electron chi connectivity index (χ4n) is 2.34. The second kappa shape index (κ2) is 5.94. The molecule has 2 rings (SSSR count). The Morgan fingerprint density at radius 2 is 1.89 bits per heavy atom. The molecule has 2 nitrogen and oxygen atoms in total. The van der Waals surface area contributed by atoms with Crippen molar-refractivity contribution in [3.8, 4) is 0 Å². The van der Waals surface area contributed by atoms with Gasteiger partial charge in [0.25, 0.3) is 5.91 Å². The van der Waals surface area contributed by atoms with Gasteiger partial charge in [-0.15, -0.1) is 0 Å². The van der Waals surface area contributed by atoms with Crippen molar-refractivity contribution in [2.45, 2.75) is 38.6 Å². The molecule has 1 aliphatic rings. The Kier molecular flexibility index (Phi) is 4.52. The highest BCUT2D eigenvalue weighted by molar-refractivity contribution is 6.35. The van der Waals surface area contributed by atoms with Crippen LogP contribution in [0.3, 0.4) is 0 Å². The predicted molar refractivity (Wildman–Crippen MR) is 75.3 cm³/mol. The Labute approximate surface area is 118 Å². The largest absolute Gasteiger partial charge is 0.349 e. The molecule has 0 spiro atoms. The monoisotopic (exact) mass is 285 g/mol. The smallest absolute Gasteiger partial charge is 0.253 e. The van der Waals surface area contributed by atoms with E-state index in [2.05, 4.69) is 12.2 Å². The molecule has 0 aliphatic heterocycles. The molecule has 1 aromatic rings. The number of hydrogen-bond acceptors (Lipinski definition) is 1. The van der Waals surface area contributed by atoms with Crippen LogP contribution in [0.25, 0.3) is 0 Å². The molecule has 0 unspecified atom stereocenters. The first-order chi connectivity index (χ1) is 8.56. The van der Waals surface area contributed by atoms with Crippen LogP contribution in [0.15, 0.2) is 18.2 Å². The van der Waals surface area contributed by atoms with Gasteiger partial charge in [0.15, 0.2) is 0 Å². The molecule has 18 heavy (non-hydrogen) atoms. The minimum atomic E-state index is -0.123. The summed E-state index contributed by atoms with van der Waals surface area (Å²) in [6, 6.07) is 5.22. The van der Waals surface area contributed by atoms with Crippen LogP contribution in [0, 0.1) is 5.92 Å². The van der Waals surface area contributed by atoms with E-state index in [-0.39, 0.29) is 11.9 Å². The zero-order chi connectivity index (χ0) is 13.1. The SMILES string of the molecule is CC1CCC(NC(=O)c2cc(Cl)ccc2Cl)CC1. The van der Waals surface area contributed by atoms with Crippen LogP contribution in [-0.4, -0.2) is 11.9 Å². The molecule has 4 heteroatoms. The number of hydrogen-bond donors (Lipinski definition) is 1. The molecule has 1 aliphatic carbocycles. The average Bonchev–Trinajstić information content (AvgIpc) is 2.35. The topological polar surface area (TPSA) is 29.1 Å². The van der Waals surface area contributed by atoms with E-state index in [0.29, 0.717) is 15.6 Å². The molecule has 1 fully saturated rings. The molecule has 1 amide bonds. The lowest BCUT2D eigenvalue weighted by Gasteiger charge is -2.27. The van der Waals surface area contributed by atoms with E-state index in [1.165, 1.54) is 12.8 Å². The highest BCUT2D eigenvalue weighted by Crippen LogP contribution is 2.25. The van der Waals surface area contributed by atoms with Gasteiger partial charge in [-0.1, -0.05) is 30.1 Å². The average molecular weight is 286 g/mol. The summed E-state index contributed by atoms with van der Waals surface area (Å²) in [6.07, 6.45) is 4.44. The normalized spacial score (nSPS) is 23.7. The van der Waals surface area contributed by atoms with E-state index >= 15 is 0 Å². The fourth-order valence-corrected chi connectivity index (χ4v) is 2.71. The van der Waals surface area contributed by atoms with Crippen LogP contribution < -0.4 is 5.32 Å². The van der Waals surface area contributed by atoms with Gasteiger partial charge in [0.05, 0.1) is 10.6 Å². The van der Waals surface area contributed by atoms with E-state index in [9.17, 15) is 4.79 Å². The standard InChI is InChI=1S/C14H17Cl2NO/c1-9-2-5-11(6-3-9)17-14(18)12-8-10(15)4-7-13(12)16/h4,7-9,11H,2-3,5-6H2,1H3,(H,17,18). The highest BCUT2D eigenvalue weighted by atomic mass is 35.5. The van der Waals surface area contributed by atoms with Crippen molar-refractivity contribution >= 4 is 29.1 Å². The summed E-state index contributed by atoms with van der Waals surface area (Å²) in [7, 11) is 0. The molecule has 1 saturated carbocycles. The Bertz CT molecular complexity index is 439. The van der Waals surface area contributed by atoms with Crippen molar-refractivity contribution in [2.24, 2.45) is 5.92 Å². The van der Waals surface area contributed by atoms with Crippen molar-refractivity contribution in [1.29, 1.82) is 0 Å². The molecule has 98 valence electrons. The zero-order valence-corrected chi connectivity index (χ0v) is 11.9. The molecular weight excluding hydrogens is 269 g/mol. The predicted octanol–water partition coefficient (Wildman–Crippen LogP) is 4.30. The van der Waals surface area contributed by atoms with Crippen LogP contribution >= 0.6 is 23.2 Å². The van der Waals surface area contributed by atoms with Crippen molar-refractivity contribution < 1.29 is 4.79 Å². The number of halogens is 2. The lowest BCUT2D eigenvalue weighted by Crippen LogP contribution is -2.37. The third-order valence-corrected chi connectivity index (χ3v) is 4.09. The highest BCUT2D eigenvalue weighted by Gasteiger charge is 2.21. The van der Waals surface area contributed by atoms with E-state index in [1.54, 1.807) is 18.2 Å². The van der Waals surface area contributed by atoms with Crippen molar-refractivity contribution in [1.82, 2.24) is 5.32 Å². The first kappa shape index (κ1) is 13.7. The first-order valence-corrected chi connectivity index (χ1v) is 7.08. The van der Waals surface area contributed by atoms with Crippen LogP contribution in [-0.2, 0) is 0 Å². The van der Waals surface area contributed by atoms with E-state index in [1.807, 2.05) is 0 Å². The molecule has 0 radical (unpaired) electrons. The molecule has 1 N–H and O–H groups in total. The van der Waals surface area contributed by atoms with Gasteiger partial charge >= 0.3 is 0 Å². The van der Waals surface area contributed by atoms with Gasteiger partial charge in [-0.25, -0.2) is 0 Å². The van der Waals surface area contributed by atoms with Gasteiger partial charge in [-0.05, 0) is 49.8 Å². The molecule has 0 bridgehead atoms. The summed E-state index contributed by atoms with van der Waals surface area (Å²) in [5, 5.41) is 4.02. The van der Waals surface area contributed by atoms with Crippen LogP contribution in [0.2, 0.25) is 10.0 Å². The van der Waals surface area contributed by atoms with Gasteiger partial charge in [-0.2, -0.15) is 0 Å². The molecule has 0 heterocycles. The molecule has 0 atom stereocenters. The third-order valence-electron chi connectivity index (χ3n) is 3.52. The van der Waals surface area contributed by atoms with Crippen LogP contribution in [0.1, 0.15) is 43.0 Å².